The Morgan fingerprint density at radius 1 is 0.951 bits per heavy atom. The van der Waals surface area contributed by atoms with Crippen LogP contribution >= 0.6 is 0 Å². The summed E-state index contributed by atoms with van der Waals surface area (Å²) in [5, 5.41) is 12.3. The average molecular weight is 558 g/mol. The minimum absolute atomic E-state index is 0.0102. The number of para-hydroxylation sites is 1. The van der Waals surface area contributed by atoms with Crippen molar-refractivity contribution >= 4 is 11.9 Å². The first-order valence-corrected chi connectivity index (χ1v) is 14.1. The van der Waals surface area contributed by atoms with Crippen molar-refractivity contribution in [2.45, 2.75) is 50.7 Å². The molecule has 3 aromatic carbocycles. The van der Waals surface area contributed by atoms with Crippen molar-refractivity contribution in [3.05, 3.63) is 89.5 Å². The molecule has 1 saturated heterocycles. The highest BCUT2D eigenvalue weighted by molar-refractivity contribution is 5.78. The van der Waals surface area contributed by atoms with Crippen LogP contribution in [0.15, 0.2) is 72.8 Å². The van der Waals surface area contributed by atoms with E-state index < -0.39 is 12.6 Å². The summed E-state index contributed by atoms with van der Waals surface area (Å²) >= 11 is 0. The lowest BCUT2D eigenvalue weighted by Gasteiger charge is -2.25. The highest BCUT2D eigenvalue weighted by atomic mass is 16.5. The molecule has 6 rings (SSSR count). The number of fused-ring (bicyclic) bond motifs is 5. The zero-order valence-corrected chi connectivity index (χ0v) is 22.9. The van der Waals surface area contributed by atoms with Gasteiger partial charge in [0.05, 0.1) is 25.3 Å². The standard InChI is InChI=1S/C32H35N3O6/c36-31-19-35(25-11-12-25)15-22-5-3-8-26(13-22)41-27-9-4-6-23(14-27)20-39-30-18-34(17-28(30)33-31)16-24-7-1-2-10-29(24)40-21-32(37)38/h1-10,13-14,25,28,30H,11-12,15-21H2,(H,33,36)(H,37,38)/t28-,30-/m0/s1. The third-order valence-corrected chi connectivity index (χ3v) is 7.70. The van der Waals surface area contributed by atoms with Gasteiger partial charge in [-0.05, 0) is 54.3 Å². The molecule has 0 aromatic heterocycles. The average Bonchev–Trinajstić information content (AvgIpc) is 3.73. The first-order valence-electron chi connectivity index (χ1n) is 14.1. The number of carboxylic acids is 1. The molecule has 2 aliphatic heterocycles. The molecule has 0 unspecified atom stereocenters. The first kappa shape index (κ1) is 27.3. The third-order valence-electron chi connectivity index (χ3n) is 7.70. The van der Waals surface area contributed by atoms with E-state index >= 15 is 0 Å². The molecule has 214 valence electrons. The number of carbonyl (C=O) groups excluding carboxylic acids is 1. The molecular formula is C32H35N3O6. The number of hydrogen-bond donors (Lipinski definition) is 2. The van der Waals surface area contributed by atoms with Crippen LogP contribution in [0.5, 0.6) is 17.2 Å². The van der Waals surface area contributed by atoms with E-state index in [0.29, 0.717) is 51.1 Å². The molecule has 3 aliphatic rings. The maximum absolute atomic E-state index is 13.4. The summed E-state index contributed by atoms with van der Waals surface area (Å²) in [5.41, 5.74) is 2.99. The van der Waals surface area contributed by atoms with Crippen LogP contribution in [-0.2, 0) is 34.0 Å². The second kappa shape index (κ2) is 12.3. The van der Waals surface area contributed by atoms with Crippen LogP contribution in [0.25, 0.3) is 0 Å². The fourth-order valence-electron chi connectivity index (χ4n) is 5.61. The number of carboxylic acid groups (broad SMARTS) is 1. The number of aliphatic carboxylic acids is 1. The topological polar surface area (TPSA) is 101 Å². The van der Waals surface area contributed by atoms with E-state index in [1.165, 1.54) is 0 Å². The highest BCUT2D eigenvalue weighted by Crippen LogP contribution is 2.30. The van der Waals surface area contributed by atoms with Crippen LogP contribution in [0.4, 0.5) is 0 Å². The molecule has 0 radical (unpaired) electrons. The first-order chi connectivity index (χ1) is 20.0. The summed E-state index contributed by atoms with van der Waals surface area (Å²) in [5.74, 6) is 1.04. The van der Waals surface area contributed by atoms with E-state index in [0.717, 1.165) is 41.0 Å². The molecule has 1 amide bonds. The zero-order chi connectivity index (χ0) is 28.2. The zero-order valence-electron chi connectivity index (χ0n) is 22.9. The quantitative estimate of drug-likeness (QED) is 0.472. The van der Waals surface area contributed by atoms with Crippen molar-refractivity contribution in [2.24, 2.45) is 0 Å². The lowest BCUT2D eigenvalue weighted by Crippen LogP contribution is -2.48. The minimum Gasteiger partial charge on any atom is -0.482 e. The van der Waals surface area contributed by atoms with Gasteiger partial charge in [-0.15, -0.1) is 0 Å². The molecular weight excluding hydrogens is 522 g/mol. The van der Waals surface area contributed by atoms with E-state index in [-0.39, 0.29) is 18.1 Å². The Hall–Kier alpha value is -3.92. The Labute approximate surface area is 239 Å². The van der Waals surface area contributed by atoms with Crippen molar-refractivity contribution in [2.75, 3.05) is 26.2 Å². The van der Waals surface area contributed by atoms with Gasteiger partial charge in [0.1, 0.15) is 17.2 Å². The molecule has 41 heavy (non-hydrogen) atoms. The van der Waals surface area contributed by atoms with Gasteiger partial charge in [-0.25, -0.2) is 4.79 Å². The molecule has 0 spiro atoms. The van der Waals surface area contributed by atoms with Crippen molar-refractivity contribution in [3.8, 4) is 17.2 Å². The molecule has 3 aromatic rings. The fourth-order valence-corrected chi connectivity index (χ4v) is 5.61. The Morgan fingerprint density at radius 2 is 1.71 bits per heavy atom. The van der Waals surface area contributed by atoms with Gasteiger partial charge in [0.2, 0.25) is 5.91 Å². The Kier molecular flexibility index (Phi) is 8.18. The van der Waals surface area contributed by atoms with Crippen LogP contribution in [0, 0.1) is 0 Å². The number of nitrogens with one attached hydrogen (secondary N) is 1. The summed E-state index contributed by atoms with van der Waals surface area (Å²) in [6.07, 6.45) is 1.98. The monoisotopic (exact) mass is 557 g/mol. The number of ether oxygens (including phenoxy) is 3. The molecule has 2 heterocycles. The predicted molar refractivity (Wildman–Crippen MR) is 152 cm³/mol. The van der Waals surface area contributed by atoms with Gasteiger partial charge in [0, 0.05) is 37.8 Å². The van der Waals surface area contributed by atoms with Gasteiger partial charge in [0.25, 0.3) is 0 Å². The van der Waals surface area contributed by atoms with E-state index in [9.17, 15) is 9.59 Å². The molecule has 2 N–H and O–H groups in total. The van der Waals surface area contributed by atoms with Crippen LogP contribution in [0.2, 0.25) is 0 Å². The van der Waals surface area contributed by atoms with Gasteiger partial charge in [-0.3, -0.25) is 14.6 Å². The SMILES string of the molecule is O=C(O)COc1ccccc1CN1C[C@@H]2NC(=O)CN(C3CC3)Cc3cccc(c3)Oc3cccc(c3)CO[C@H]2C1. The number of rotatable bonds is 6. The molecule has 1 aliphatic carbocycles. The molecule has 2 atom stereocenters. The van der Waals surface area contributed by atoms with E-state index in [1.54, 1.807) is 6.07 Å². The number of carbonyl (C=O) groups is 2. The maximum atomic E-state index is 13.4. The molecule has 1 saturated carbocycles. The van der Waals surface area contributed by atoms with Crippen LogP contribution in [0.1, 0.15) is 29.5 Å². The summed E-state index contributed by atoms with van der Waals surface area (Å²) in [6, 6.07) is 23.7. The lowest BCUT2D eigenvalue weighted by molar-refractivity contribution is -0.139. The number of nitrogens with zero attached hydrogens (tertiary/aromatic N) is 2. The molecule has 9 heteroatoms. The Balaban J connectivity index is 1.22. The maximum Gasteiger partial charge on any atom is 0.341 e. The molecule has 9 nitrogen and oxygen atoms in total. The predicted octanol–water partition coefficient (Wildman–Crippen LogP) is 3.81. The fraction of sp³-hybridized carbons (Fsp3) is 0.375. The van der Waals surface area contributed by atoms with Crippen LogP contribution in [-0.4, -0.2) is 71.2 Å². The van der Waals surface area contributed by atoms with Crippen molar-refractivity contribution in [3.63, 3.8) is 0 Å². The van der Waals surface area contributed by atoms with E-state index in [4.69, 9.17) is 19.3 Å². The van der Waals surface area contributed by atoms with Crippen molar-refractivity contribution < 1.29 is 28.9 Å². The normalized spacial score (nSPS) is 21.9. The number of amides is 1. The summed E-state index contributed by atoms with van der Waals surface area (Å²) in [4.78, 5) is 28.9. The van der Waals surface area contributed by atoms with Gasteiger partial charge in [0.15, 0.2) is 6.61 Å². The largest absolute Gasteiger partial charge is 0.482 e. The summed E-state index contributed by atoms with van der Waals surface area (Å²) in [7, 11) is 0. The smallest absolute Gasteiger partial charge is 0.341 e. The van der Waals surface area contributed by atoms with Crippen molar-refractivity contribution in [1.29, 1.82) is 0 Å². The summed E-state index contributed by atoms with van der Waals surface area (Å²) in [6.45, 7) is 2.77. The van der Waals surface area contributed by atoms with E-state index in [2.05, 4.69) is 21.2 Å². The van der Waals surface area contributed by atoms with Gasteiger partial charge in [-0.2, -0.15) is 0 Å². The second-order valence-electron chi connectivity index (χ2n) is 11.0. The third kappa shape index (κ3) is 7.24. The molecule has 4 bridgehead atoms. The Morgan fingerprint density at radius 3 is 2.49 bits per heavy atom. The summed E-state index contributed by atoms with van der Waals surface area (Å²) < 4.78 is 18.2. The number of hydrogen-bond acceptors (Lipinski definition) is 7. The minimum atomic E-state index is -1.02. The number of benzene rings is 3. The van der Waals surface area contributed by atoms with Crippen LogP contribution in [0.3, 0.4) is 0 Å². The Bertz CT molecular complexity index is 1390. The highest BCUT2D eigenvalue weighted by Gasteiger charge is 2.36. The lowest BCUT2D eigenvalue weighted by atomic mass is 10.1. The van der Waals surface area contributed by atoms with E-state index in [1.807, 2.05) is 60.7 Å². The van der Waals surface area contributed by atoms with Crippen LogP contribution < -0.4 is 14.8 Å². The molecule has 2 fully saturated rings. The van der Waals surface area contributed by atoms with Gasteiger partial charge < -0.3 is 24.6 Å². The number of likely N-dealkylation sites (tertiary alicyclic amines) is 1. The second-order valence-corrected chi connectivity index (χ2v) is 11.0. The van der Waals surface area contributed by atoms with Crippen molar-refractivity contribution in [1.82, 2.24) is 15.1 Å². The van der Waals surface area contributed by atoms with Gasteiger partial charge >= 0.3 is 5.97 Å². The van der Waals surface area contributed by atoms with Gasteiger partial charge in [-0.1, -0.05) is 42.5 Å².